The van der Waals surface area contributed by atoms with Gasteiger partial charge in [0.15, 0.2) is 0 Å². The van der Waals surface area contributed by atoms with Crippen molar-refractivity contribution >= 4 is 43.8 Å². The van der Waals surface area contributed by atoms with Gasteiger partial charge in [-0.1, -0.05) is 18.2 Å². The number of hydrogen-bond acceptors (Lipinski definition) is 5. The van der Waals surface area contributed by atoms with Gasteiger partial charge >= 0.3 is 6.18 Å². The maximum absolute atomic E-state index is 15.3. The normalized spacial score (nSPS) is 15.4. The Labute approximate surface area is 221 Å². The number of nitrogens with zero attached hydrogens (tertiary/aromatic N) is 3. The lowest BCUT2D eigenvalue weighted by Gasteiger charge is -2.32. The van der Waals surface area contributed by atoms with E-state index in [1.54, 1.807) is 23.6 Å². The summed E-state index contributed by atoms with van der Waals surface area (Å²) in [6.45, 7) is 1.15. The molecule has 6 rings (SSSR count). The van der Waals surface area contributed by atoms with E-state index in [0.29, 0.717) is 25.2 Å². The monoisotopic (exact) mass is 536 g/mol. The molecule has 0 atom stereocenters. The molecule has 194 valence electrons. The maximum Gasteiger partial charge on any atom is 0.391 e. The van der Waals surface area contributed by atoms with Crippen LogP contribution in [0.2, 0.25) is 0 Å². The van der Waals surface area contributed by atoms with Gasteiger partial charge in [-0.3, -0.25) is 9.88 Å². The third-order valence-corrected chi connectivity index (χ3v) is 7.96. The number of piperidine rings is 1. The molecule has 0 spiro atoms. The Morgan fingerprint density at radius 1 is 0.921 bits per heavy atom. The van der Waals surface area contributed by atoms with E-state index in [4.69, 9.17) is 0 Å². The average Bonchev–Trinajstić information content (AvgIpc) is 3.37. The number of fused-ring (bicyclic) bond motifs is 2. The molecule has 0 bridgehead atoms. The number of hydrogen-bond donors (Lipinski definition) is 1. The molecule has 3 heterocycles. The van der Waals surface area contributed by atoms with Gasteiger partial charge in [0.25, 0.3) is 0 Å². The van der Waals surface area contributed by atoms with E-state index in [2.05, 4.69) is 15.3 Å². The minimum absolute atomic E-state index is 0.0865. The van der Waals surface area contributed by atoms with Crippen molar-refractivity contribution in [1.29, 1.82) is 0 Å². The van der Waals surface area contributed by atoms with Crippen LogP contribution in [-0.2, 0) is 6.54 Å². The van der Waals surface area contributed by atoms with Crippen LogP contribution in [0.5, 0.6) is 0 Å². The summed E-state index contributed by atoms with van der Waals surface area (Å²) in [6, 6.07) is 18.6. The molecule has 1 aliphatic heterocycles. The summed E-state index contributed by atoms with van der Waals surface area (Å²) in [4.78, 5) is 10.8. The van der Waals surface area contributed by atoms with E-state index in [9.17, 15) is 13.2 Å². The summed E-state index contributed by atoms with van der Waals surface area (Å²) < 4.78 is 55.2. The van der Waals surface area contributed by atoms with E-state index in [0.717, 1.165) is 43.6 Å². The van der Waals surface area contributed by atoms with Gasteiger partial charge in [-0.05, 0) is 79.5 Å². The molecule has 38 heavy (non-hydrogen) atoms. The zero-order chi connectivity index (χ0) is 26.3. The van der Waals surface area contributed by atoms with Crippen molar-refractivity contribution in [3.05, 3.63) is 83.8 Å². The lowest BCUT2D eigenvalue weighted by Crippen LogP contribution is -2.38. The van der Waals surface area contributed by atoms with Crippen molar-refractivity contribution in [1.82, 2.24) is 14.9 Å². The summed E-state index contributed by atoms with van der Waals surface area (Å²) in [7, 11) is 0. The molecule has 1 fully saturated rings. The summed E-state index contributed by atoms with van der Waals surface area (Å²) >= 11 is 1.59. The molecule has 1 aliphatic rings. The second kappa shape index (κ2) is 9.96. The van der Waals surface area contributed by atoms with Crippen LogP contribution in [0.25, 0.3) is 32.2 Å². The van der Waals surface area contributed by atoms with Crippen molar-refractivity contribution in [3.8, 4) is 11.1 Å². The lowest BCUT2D eigenvalue weighted by molar-refractivity contribution is -0.185. The minimum Gasteiger partial charge on any atom is -0.355 e. The van der Waals surface area contributed by atoms with E-state index < -0.39 is 12.1 Å². The van der Waals surface area contributed by atoms with Crippen LogP contribution in [-0.4, -0.2) is 34.1 Å². The SMILES string of the molecule is Fc1cc(CN2CCC(C(F)(F)F)CC2)ccc1-c1ccc2nccc(Nc3ccc4scnc4c3)c2c1. The van der Waals surface area contributed by atoms with Crippen molar-refractivity contribution in [2.75, 3.05) is 18.4 Å². The number of pyridine rings is 1. The van der Waals surface area contributed by atoms with Crippen molar-refractivity contribution in [2.45, 2.75) is 25.6 Å². The summed E-state index contributed by atoms with van der Waals surface area (Å²) in [5.74, 6) is -1.60. The Balaban J connectivity index is 1.22. The molecule has 1 N–H and O–H groups in total. The molecule has 0 unspecified atom stereocenters. The fourth-order valence-corrected chi connectivity index (χ4v) is 5.74. The number of aromatic nitrogens is 2. The number of thiazole rings is 1. The minimum atomic E-state index is -4.14. The quantitative estimate of drug-likeness (QED) is 0.230. The Morgan fingerprint density at radius 3 is 2.55 bits per heavy atom. The Bertz CT molecular complexity index is 1610. The Hall–Kier alpha value is -3.56. The van der Waals surface area contributed by atoms with Crippen molar-refractivity contribution < 1.29 is 17.6 Å². The van der Waals surface area contributed by atoms with Crippen LogP contribution >= 0.6 is 11.3 Å². The highest BCUT2D eigenvalue weighted by molar-refractivity contribution is 7.16. The van der Waals surface area contributed by atoms with Gasteiger partial charge in [0.1, 0.15) is 5.82 Å². The third-order valence-electron chi connectivity index (χ3n) is 7.15. The van der Waals surface area contributed by atoms with Crippen LogP contribution in [0, 0.1) is 11.7 Å². The second-order valence-electron chi connectivity index (χ2n) is 9.66. The maximum atomic E-state index is 15.3. The van der Waals surface area contributed by atoms with Gasteiger partial charge in [-0.2, -0.15) is 13.2 Å². The van der Waals surface area contributed by atoms with Crippen molar-refractivity contribution in [2.24, 2.45) is 5.92 Å². The molecular formula is C29H24F4N4S. The highest BCUT2D eigenvalue weighted by Crippen LogP contribution is 2.35. The first kappa shape index (κ1) is 24.8. The number of rotatable bonds is 5. The second-order valence-corrected chi connectivity index (χ2v) is 10.5. The molecule has 5 aromatic rings. The number of alkyl halides is 3. The summed E-state index contributed by atoms with van der Waals surface area (Å²) in [5.41, 5.74) is 7.21. The summed E-state index contributed by atoms with van der Waals surface area (Å²) in [5, 5.41) is 4.30. The molecule has 2 aromatic heterocycles. The van der Waals surface area contributed by atoms with Gasteiger partial charge in [0.05, 0.1) is 27.2 Å². The van der Waals surface area contributed by atoms with Crippen LogP contribution in [0.1, 0.15) is 18.4 Å². The fraction of sp³-hybridized carbons (Fsp3) is 0.241. The molecule has 0 amide bonds. The molecule has 0 aliphatic carbocycles. The smallest absolute Gasteiger partial charge is 0.355 e. The van der Waals surface area contributed by atoms with E-state index in [-0.39, 0.29) is 18.7 Å². The zero-order valence-corrected chi connectivity index (χ0v) is 21.1. The standard InChI is InChI=1S/C29H24F4N4S/c30-24-13-18(16-37-11-8-20(9-12-37)29(31,32)33)1-4-22(24)19-2-5-25-23(14-19)26(7-10-34-25)36-21-3-6-28-27(15-21)35-17-38-28/h1-7,10,13-15,17,20H,8-9,11-12,16H2,(H,34,36). The third kappa shape index (κ3) is 5.08. The molecule has 0 saturated carbocycles. The van der Waals surface area contributed by atoms with Crippen molar-refractivity contribution in [3.63, 3.8) is 0 Å². The Morgan fingerprint density at radius 2 is 1.76 bits per heavy atom. The molecule has 0 radical (unpaired) electrons. The van der Waals surface area contributed by atoms with Crippen LogP contribution in [0.4, 0.5) is 28.9 Å². The zero-order valence-electron chi connectivity index (χ0n) is 20.3. The summed E-state index contributed by atoms with van der Waals surface area (Å²) in [6.07, 6.45) is -2.23. The number of benzene rings is 3. The van der Waals surface area contributed by atoms with E-state index in [1.165, 1.54) is 6.07 Å². The first-order chi connectivity index (χ1) is 18.3. The van der Waals surface area contributed by atoms with E-state index >= 15 is 4.39 Å². The highest BCUT2D eigenvalue weighted by atomic mass is 32.1. The fourth-order valence-electron chi connectivity index (χ4n) is 5.08. The van der Waals surface area contributed by atoms with Crippen LogP contribution < -0.4 is 5.32 Å². The van der Waals surface area contributed by atoms with Crippen LogP contribution in [0.3, 0.4) is 0 Å². The molecule has 4 nitrogen and oxygen atoms in total. The predicted octanol–water partition coefficient (Wildman–Crippen LogP) is 8.17. The highest BCUT2D eigenvalue weighted by Gasteiger charge is 2.40. The largest absolute Gasteiger partial charge is 0.391 e. The van der Waals surface area contributed by atoms with Gasteiger partial charge in [-0.25, -0.2) is 9.37 Å². The lowest BCUT2D eigenvalue weighted by atomic mass is 9.95. The Kier molecular flexibility index (Phi) is 6.49. The average molecular weight is 537 g/mol. The topological polar surface area (TPSA) is 41.1 Å². The number of halogens is 4. The van der Waals surface area contributed by atoms with Crippen LogP contribution in [0.15, 0.2) is 72.4 Å². The first-order valence-corrected chi connectivity index (χ1v) is 13.3. The molecular weight excluding hydrogens is 512 g/mol. The molecule has 9 heteroatoms. The predicted molar refractivity (Wildman–Crippen MR) is 144 cm³/mol. The first-order valence-electron chi connectivity index (χ1n) is 12.4. The van der Waals surface area contributed by atoms with Gasteiger partial charge in [0, 0.05) is 35.1 Å². The molecule has 3 aromatic carbocycles. The molecule has 1 saturated heterocycles. The number of nitrogens with one attached hydrogen (secondary N) is 1. The number of likely N-dealkylation sites (tertiary alicyclic amines) is 1. The van der Waals surface area contributed by atoms with E-state index in [1.807, 2.05) is 58.9 Å². The van der Waals surface area contributed by atoms with Gasteiger partial charge in [0.2, 0.25) is 0 Å². The van der Waals surface area contributed by atoms with Gasteiger partial charge < -0.3 is 5.32 Å². The van der Waals surface area contributed by atoms with Gasteiger partial charge in [-0.15, -0.1) is 11.3 Å². The number of anilines is 2.